The summed E-state index contributed by atoms with van der Waals surface area (Å²) in [5.74, 6) is 0.615. The van der Waals surface area contributed by atoms with E-state index in [9.17, 15) is 4.79 Å². The molecule has 1 amide bonds. The van der Waals surface area contributed by atoms with Crippen molar-refractivity contribution >= 4 is 5.91 Å². The molecule has 3 heteroatoms. The van der Waals surface area contributed by atoms with Crippen molar-refractivity contribution in [1.82, 2.24) is 10.6 Å². The summed E-state index contributed by atoms with van der Waals surface area (Å²) in [5.41, 5.74) is 3.34. The van der Waals surface area contributed by atoms with E-state index in [1.165, 1.54) is 11.1 Å². The van der Waals surface area contributed by atoms with Gasteiger partial charge in [-0.1, -0.05) is 32.4 Å². The van der Waals surface area contributed by atoms with Crippen LogP contribution in [-0.4, -0.2) is 19.0 Å². The molecule has 2 rings (SSSR count). The van der Waals surface area contributed by atoms with Gasteiger partial charge in [-0.25, -0.2) is 0 Å². The van der Waals surface area contributed by atoms with Gasteiger partial charge in [0.05, 0.1) is 0 Å². The van der Waals surface area contributed by atoms with Crippen molar-refractivity contribution in [1.29, 1.82) is 0 Å². The van der Waals surface area contributed by atoms with Crippen molar-refractivity contribution in [3.63, 3.8) is 0 Å². The normalized spacial score (nSPS) is 15.9. The van der Waals surface area contributed by atoms with Gasteiger partial charge in [-0.15, -0.1) is 0 Å². The molecule has 0 aromatic heterocycles. The van der Waals surface area contributed by atoms with E-state index >= 15 is 0 Å². The number of rotatable bonds is 4. The monoisotopic (exact) mass is 246 g/mol. The Bertz CT molecular complexity index is 429. The fourth-order valence-corrected chi connectivity index (χ4v) is 2.25. The Morgan fingerprint density at radius 3 is 3.11 bits per heavy atom. The fourth-order valence-electron chi connectivity index (χ4n) is 2.25. The SMILES string of the molecule is CCC(C)CNC(=O)c1cccc2c1CCNC2. The molecule has 2 N–H and O–H groups in total. The van der Waals surface area contributed by atoms with Gasteiger partial charge in [0, 0.05) is 18.7 Å². The largest absolute Gasteiger partial charge is 0.352 e. The van der Waals surface area contributed by atoms with Gasteiger partial charge in [-0.2, -0.15) is 0 Å². The maximum Gasteiger partial charge on any atom is 0.251 e. The first-order valence-electron chi connectivity index (χ1n) is 6.82. The molecule has 0 bridgehead atoms. The van der Waals surface area contributed by atoms with E-state index < -0.39 is 0 Å². The lowest BCUT2D eigenvalue weighted by Crippen LogP contribution is -2.31. The van der Waals surface area contributed by atoms with Gasteiger partial charge in [-0.05, 0) is 36.1 Å². The van der Waals surface area contributed by atoms with E-state index in [2.05, 4.69) is 30.5 Å². The third kappa shape index (κ3) is 2.91. The van der Waals surface area contributed by atoms with Crippen LogP contribution in [0.15, 0.2) is 18.2 Å². The van der Waals surface area contributed by atoms with Crippen LogP contribution < -0.4 is 10.6 Å². The maximum absolute atomic E-state index is 12.2. The van der Waals surface area contributed by atoms with E-state index in [4.69, 9.17) is 0 Å². The zero-order valence-electron chi connectivity index (χ0n) is 11.3. The van der Waals surface area contributed by atoms with E-state index in [1.807, 2.05) is 12.1 Å². The average Bonchev–Trinajstić information content (AvgIpc) is 2.43. The molecule has 1 aromatic rings. The summed E-state index contributed by atoms with van der Waals surface area (Å²) < 4.78 is 0. The first-order chi connectivity index (χ1) is 8.72. The molecule has 0 saturated heterocycles. The van der Waals surface area contributed by atoms with Crippen LogP contribution in [-0.2, 0) is 13.0 Å². The van der Waals surface area contributed by atoms with Crippen molar-refractivity contribution in [2.45, 2.75) is 33.2 Å². The fraction of sp³-hybridized carbons (Fsp3) is 0.533. The lowest BCUT2D eigenvalue weighted by molar-refractivity contribution is 0.0946. The Kier molecular flexibility index (Phi) is 4.37. The third-order valence-electron chi connectivity index (χ3n) is 3.69. The Hall–Kier alpha value is -1.35. The lowest BCUT2D eigenvalue weighted by atomic mass is 9.95. The van der Waals surface area contributed by atoms with Gasteiger partial charge < -0.3 is 10.6 Å². The number of carbonyl (C=O) groups excluding carboxylic acids is 1. The minimum Gasteiger partial charge on any atom is -0.352 e. The average molecular weight is 246 g/mol. The minimum absolute atomic E-state index is 0.0778. The Morgan fingerprint density at radius 1 is 1.50 bits per heavy atom. The van der Waals surface area contributed by atoms with Crippen molar-refractivity contribution in [3.8, 4) is 0 Å². The highest BCUT2D eigenvalue weighted by Crippen LogP contribution is 2.18. The predicted molar refractivity (Wildman–Crippen MR) is 73.6 cm³/mol. The molecule has 1 aliphatic rings. The molecule has 1 aliphatic heterocycles. The summed E-state index contributed by atoms with van der Waals surface area (Å²) in [7, 11) is 0. The number of carbonyl (C=O) groups is 1. The summed E-state index contributed by atoms with van der Waals surface area (Å²) in [6.07, 6.45) is 2.04. The molecule has 0 saturated carbocycles. The first-order valence-corrected chi connectivity index (χ1v) is 6.82. The quantitative estimate of drug-likeness (QED) is 0.854. The van der Waals surface area contributed by atoms with Crippen LogP contribution in [0.5, 0.6) is 0 Å². The van der Waals surface area contributed by atoms with Crippen molar-refractivity contribution in [2.75, 3.05) is 13.1 Å². The van der Waals surface area contributed by atoms with Gasteiger partial charge in [0.1, 0.15) is 0 Å². The van der Waals surface area contributed by atoms with Crippen LogP contribution in [0.1, 0.15) is 41.8 Å². The highest BCUT2D eigenvalue weighted by molar-refractivity contribution is 5.96. The van der Waals surface area contributed by atoms with Gasteiger partial charge >= 0.3 is 0 Å². The molecule has 0 aliphatic carbocycles. The van der Waals surface area contributed by atoms with Crippen LogP contribution in [0.3, 0.4) is 0 Å². The molecule has 0 fully saturated rings. The van der Waals surface area contributed by atoms with Gasteiger partial charge in [0.15, 0.2) is 0 Å². The number of benzene rings is 1. The Balaban J connectivity index is 2.10. The summed E-state index contributed by atoms with van der Waals surface area (Å²) in [4.78, 5) is 12.2. The molecule has 1 atom stereocenters. The maximum atomic E-state index is 12.2. The highest BCUT2D eigenvalue weighted by Gasteiger charge is 2.17. The number of hydrogen-bond acceptors (Lipinski definition) is 2. The van der Waals surface area contributed by atoms with Crippen LogP contribution in [0.25, 0.3) is 0 Å². The van der Waals surface area contributed by atoms with Crippen molar-refractivity contribution < 1.29 is 4.79 Å². The Labute approximate surface area is 109 Å². The van der Waals surface area contributed by atoms with Gasteiger partial charge in [0.2, 0.25) is 0 Å². The molecule has 98 valence electrons. The van der Waals surface area contributed by atoms with Crippen molar-refractivity contribution in [3.05, 3.63) is 34.9 Å². The van der Waals surface area contributed by atoms with E-state index in [0.717, 1.165) is 38.0 Å². The van der Waals surface area contributed by atoms with Crippen LogP contribution in [0.4, 0.5) is 0 Å². The molecule has 0 spiro atoms. The molecule has 1 aromatic carbocycles. The molecule has 18 heavy (non-hydrogen) atoms. The van der Waals surface area contributed by atoms with E-state index in [-0.39, 0.29) is 5.91 Å². The highest BCUT2D eigenvalue weighted by atomic mass is 16.1. The standard InChI is InChI=1S/C15H22N2O/c1-3-11(2)9-17-15(18)14-6-4-5-12-10-16-8-7-13(12)14/h4-6,11,16H,3,7-10H2,1-2H3,(H,17,18). The summed E-state index contributed by atoms with van der Waals surface area (Å²) in [6.45, 7) is 6.90. The predicted octanol–water partition coefficient (Wildman–Crippen LogP) is 2.11. The second-order valence-electron chi connectivity index (χ2n) is 5.09. The van der Waals surface area contributed by atoms with Crippen LogP contribution in [0.2, 0.25) is 0 Å². The minimum atomic E-state index is 0.0778. The molecular formula is C15H22N2O. The number of fused-ring (bicyclic) bond motifs is 1. The van der Waals surface area contributed by atoms with Gasteiger partial charge in [-0.3, -0.25) is 4.79 Å². The number of nitrogens with one attached hydrogen (secondary N) is 2. The van der Waals surface area contributed by atoms with Crippen LogP contribution >= 0.6 is 0 Å². The zero-order chi connectivity index (χ0) is 13.0. The lowest BCUT2D eigenvalue weighted by Gasteiger charge is -2.20. The molecular weight excluding hydrogens is 224 g/mol. The van der Waals surface area contributed by atoms with E-state index in [1.54, 1.807) is 0 Å². The summed E-state index contributed by atoms with van der Waals surface area (Å²) in [5, 5.41) is 6.38. The zero-order valence-corrected chi connectivity index (χ0v) is 11.3. The third-order valence-corrected chi connectivity index (χ3v) is 3.69. The van der Waals surface area contributed by atoms with Crippen LogP contribution in [0, 0.1) is 5.92 Å². The molecule has 3 nitrogen and oxygen atoms in total. The topological polar surface area (TPSA) is 41.1 Å². The van der Waals surface area contributed by atoms with E-state index in [0.29, 0.717) is 5.92 Å². The molecule has 0 radical (unpaired) electrons. The van der Waals surface area contributed by atoms with Gasteiger partial charge in [0.25, 0.3) is 5.91 Å². The number of hydrogen-bond donors (Lipinski definition) is 2. The second kappa shape index (κ2) is 6.01. The summed E-state index contributed by atoms with van der Waals surface area (Å²) >= 11 is 0. The summed E-state index contributed by atoms with van der Waals surface area (Å²) in [6, 6.07) is 6.02. The van der Waals surface area contributed by atoms with Crippen molar-refractivity contribution in [2.24, 2.45) is 5.92 Å². The molecule has 1 unspecified atom stereocenters. The smallest absolute Gasteiger partial charge is 0.251 e. The molecule has 1 heterocycles. The Morgan fingerprint density at radius 2 is 2.33 bits per heavy atom. The number of amides is 1. The second-order valence-corrected chi connectivity index (χ2v) is 5.09. The first kappa shape index (κ1) is 13.1.